The Kier molecular flexibility index (Phi) is 7.29. The van der Waals surface area contributed by atoms with Crippen molar-refractivity contribution in [1.82, 2.24) is 10.6 Å². The van der Waals surface area contributed by atoms with Gasteiger partial charge in [0.15, 0.2) is 11.5 Å². The van der Waals surface area contributed by atoms with Gasteiger partial charge < -0.3 is 20.1 Å². The lowest BCUT2D eigenvalue weighted by atomic mass is 10.0. The smallest absolute Gasteiger partial charge is 0.234 e. The highest BCUT2D eigenvalue weighted by Crippen LogP contribution is 2.25. The van der Waals surface area contributed by atoms with Crippen molar-refractivity contribution in [3.63, 3.8) is 0 Å². The second kappa shape index (κ2) is 9.69. The first-order chi connectivity index (χ1) is 12.1. The third-order valence-electron chi connectivity index (χ3n) is 3.92. The Morgan fingerprint density at radius 2 is 1.76 bits per heavy atom. The van der Waals surface area contributed by atoms with E-state index < -0.39 is 0 Å². The lowest BCUT2D eigenvalue weighted by Crippen LogP contribution is -2.37. The van der Waals surface area contributed by atoms with Crippen molar-refractivity contribution >= 4 is 5.91 Å². The van der Waals surface area contributed by atoms with Gasteiger partial charge in [-0.2, -0.15) is 0 Å². The van der Waals surface area contributed by atoms with Crippen molar-refractivity contribution in [3.8, 4) is 11.5 Å². The van der Waals surface area contributed by atoms with Crippen molar-refractivity contribution < 1.29 is 14.3 Å². The normalized spacial score (nSPS) is 11.6. The van der Waals surface area contributed by atoms with E-state index in [1.54, 1.807) is 7.11 Å². The van der Waals surface area contributed by atoms with Gasteiger partial charge in [-0.05, 0) is 37.1 Å². The summed E-state index contributed by atoms with van der Waals surface area (Å²) in [4.78, 5) is 12.0. The zero-order chi connectivity index (χ0) is 18.1. The number of carbonyl (C=O) groups excluding carboxylic acids is 1. The number of methoxy groups -OCH3 is 1. The molecule has 0 spiro atoms. The molecule has 0 saturated carbocycles. The summed E-state index contributed by atoms with van der Waals surface area (Å²) in [6, 6.07) is 15.5. The van der Waals surface area contributed by atoms with E-state index in [1.165, 1.54) is 5.56 Å². The van der Waals surface area contributed by atoms with Crippen LogP contribution in [0.25, 0.3) is 0 Å². The van der Waals surface area contributed by atoms with E-state index in [4.69, 9.17) is 9.47 Å². The Balaban J connectivity index is 1.68. The minimum absolute atomic E-state index is 0.0136. The lowest BCUT2D eigenvalue weighted by Gasteiger charge is -2.17. The van der Waals surface area contributed by atoms with E-state index in [2.05, 4.69) is 10.6 Å². The molecule has 134 valence electrons. The molecule has 0 unspecified atom stereocenters. The van der Waals surface area contributed by atoms with Crippen LogP contribution in [-0.4, -0.2) is 32.7 Å². The third-order valence-corrected chi connectivity index (χ3v) is 3.92. The maximum atomic E-state index is 12.0. The second-order valence-corrected chi connectivity index (χ2v) is 5.82. The molecule has 0 aliphatic heterocycles. The highest BCUT2D eigenvalue weighted by Gasteiger charge is 2.10. The van der Waals surface area contributed by atoms with E-state index in [0.717, 1.165) is 5.56 Å². The molecular weight excluding hydrogens is 316 g/mol. The third kappa shape index (κ3) is 5.80. The van der Waals surface area contributed by atoms with Gasteiger partial charge in [-0.3, -0.25) is 4.79 Å². The molecule has 0 aromatic heterocycles. The largest absolute Gasteiger partial charge is 0.493 e. The van der Waals surface area contributed by atoms with Crippen molar-refractivity contribution in [2.24, 2.45) is 0 Å². The minimum Gasteiger partial charge on any atom is -0.493 e. The minimum atomic E-state index is -0.0342. The molecule has 5 heteroatoms. The number of ether oxygens (including phenoxy) is 2. The highest BCUT2D eigenvalue weighted by molar-refractivity contribution is 5.78. The standard InChI is InChI=1S/C20H26N2O3/c1-15-8-4-5-9-17(15)16(2)22-20(23)14-21-12-13-25-19-11-7-6-10-18(19)24-3/h4-11,16,21H,12-14H2,1-3H3,(H,22,23)/t16-/m0/s1. The van der Waals surface area contributed by atoms with Crippen LogP contribution in [0.5, 0.6) is 11.5 Å². The fraction of sp³-hybridized carbons (Fsp3) is 0.350. The predicted molar refractivity (Wildman–Crippen MR) is 99.1 cm³/mol. The summed E-state index contributed by atoms with van der Waals surface area (Å²) in [6.07, 6.45) is 0. The Morgan fingerprint density at radius 3 is 2.48 bits per heavy atom. The van der Waals surface area contributed by atoms with Crippen LogP contribution in [0.2, 0.25) is 0 Å². The average Bonchev–Trinajstić information content (AvgIpc) is 2.62. The molecule has 2 rings (SSSR count). The fourth-order valence-corrected chi connectivity index (χ4v) is 2.62. The molecule has 5 nitrogen and oxygen atoms in total. The Hall–Kier alpha value is -2.53. The van der Waals surface area contributed by atoms with E-state index in [1.807, 2.05) is 62.4 Å². The van der Waals surface area contributed by atoms with Crippen LogP contribution in [0.1, 0.15) is 24.1 Å². The zero-order valence-electron chi connectivity index (χ0n) is 15.0. The van der Waals surface area contributed by atoms with Crippen molar-refractivity contribution in [1.29, 1.82) is 0 Å². The van der Waals surface area contributed by atoms with Crippen molar-refractivity contribution in [2.75, 3.05) is 26.8 Å². The molecule has 0 aliphatic rings. The van der Waals surface area contributed by atoms with Gasteiger partial charge in [-0.1, -0.05) is 36.4 Å². The molecule has 25 heavy (non-hydrogen) atoms. The molecule has 1 amide bonds. The number of rotatable bonds is 9. The lowest BCUT2D eigenvalue weighted by molar-refractivity contribution is -0.120. The number of carbonyl (C=O) groups is 1. The number of hydrogen-bond donors (Lipinski definition) is 2. The molecule has 0 fully saturated rings. The first kappa shape index (κ1) is 18.8. The van der Waals surface area contributed by atoms with E-state index in [-0.39, 0.29) is 18.5 Å². The maximum Gasteiger partial charge on any atom is 0.234 e. The number of amides is 1. The quantitative estimate of drug-likeness (QED) is 0.688. The monoisotopic (exact) mass is 342 g/mol. The second-order valence-electron chi connectivity index (χ2n) is 5.82. The first-order valence-corrected chi connectivity index (χ1v) is 8.43. The summed E-state index contributed by atoms with van der Waals surface area (Å²) in [5.74, 6) is 1.37. The van der Waals surface area contributed by atoms with Crippen LogP contribution in [0, 0.1) is 6.92 Å². The number of benzene rings is 2. The van der Waals surface area contributed by atoms with E-state index in [9.17, 15) is 4.79 Å². The van der Waals surface area contributed by atoms with E-state index in [0.29, 0.717) is 24.7 Å². The highest BCUT2D eigenvalue weighted by atomic mass is 16.5. The van der Waals surface area contributed by atoms with Crippen LogP contribution < -0.4 is 20.1 Å². The van der Waals surface area contributed by atoms with Crippen molar-refractivity contribution in [3.05, 3.63) is 59.7 Å². The summed E-state index contributed by atoms with van der Waals surface area (Å²) < 4.78 is 10.9. The van der Waals surface area contributed by atoms with Crippen molar-refractivity contribution in [2.45, 2.75) is 19.9 Å². The van der Waals surface area contributed by atoms with Gasteiger partial charge in [-0.15, -0.1) is 0 Å². The topological polar surface area (TPSA) is 59.6 Å². The molecule has 2 aromatic rings. The number of hydrogen-bond acceptors (Lipinski definition) is 4. The Bertz CT molecular complexity index is 688. The molecule has 2 aromatic carbocycles. The van der Waals surface area contributed by atoms with Crippen LogP contribution in [0.15, 0.2) is 48.5 Å². The summed E-state index contributed by atoms with van der Waals surface area (Å²) in [6.45, 7) is 5.33. The molecule has 0 bridgehead atoms. The molecule has 0 aliphatic carbocycles. The van der Waals surface area contributed by atoms with E-state index >= 15 is 0 Å². The van der Waals surface area contributed by atoms with Gasteiger partial charge in [0.25, 0.3) is 0 Å². The van der Waals surface area contributed by atoms with Gasteiger partial charge in [-0.25, -0.2) is 0 Å². The van der Waals surface area contributed by atoms with Crippen LogP contribution in [0.4, 0.5) is 0 Å². The molecule has 0 saturated heterocycles. The summed E-state index contributed by atoms with van der Waals surface area (Å²) in [7, 11) is 1.61. The molecule has 2 N–H and O–H groups in total. The predicted octanol–water partition coefficient (Wildman–Crippen LogP) is 2.85. The maximum absolute atomic E-state index is 12.0. The van der Waals surface area contributed by atoms with Gasteiger partial charge >= 0.3 is 0 Å². The molecule has 1 atom stereocenters. The number of para-hydroxylation sites is 2. The Labute approximate surface area is 149 Å². The zero-order valence-corrected chi connectivity index (χ0v) is 15.0. The number of nitrogens with one attached hydrogen (secondary N) is 2. The Morgan fingerprint density at radius 1 is 1.08 bits per heavy atom. The van der Waals surface area contributed by atoms with Gasteiger partial charge in [0.1, 0.15) is 6.61 Å². The molecule has 0 heterocycles. The summed E-state index contributed by atoms with van der Waals surface area (Å²) >= 11 is 0. The summed E-state index contributed by atoms with van der Waals surface area (Å²) in [5.41, 5.74) is 2.31. The fourth-order valence-electron chi connectivity index (χ4n) is 2.62. The molecular formula is C20H26N2O3. The van der Waals surface area contributed by atoms with Crippen LogP contribution in [-0.2, 0) is 4.79 Å². The summed E-state index contributed by atoms with van der Waals surface area (Å²) in [5, 5.41) is 6.09. The average molecular weight is 342 g/mol. The van der Waals surface area contributed by atoms with Gasteiger partial charge in [0.05, 0.1) is 19.7 Å². The SMILES string of the molecule is COc1ccccc1OCCNCC(=O)N[C@@H](C)c1ccccc1C. The van der Waals surface area contributed by atoms with Gasteiger partial charge in [0, 0.05) is 6.54 Å². The van der Waals surface area contributed by atoms with Gasteiger partial charge in [0.2, 0.25) is 5.91 Å². The van der Waals surface area contributed by atoms with Crippen LogP contribution >= 0.6 is 0 Å². The number of aryl methyl sites for hydroxylation is 1. The van der Waals surface area contributed by atoms with Crippen LogP contribution in [0.3, 0.4) is 0 Å². The molecule has 0 radical (unpaired) electrons. The first-order valence-electron chi connectivity index (χ1n) is 8.43.